The van der Waals surface area contributed by atoms with Crippen molar-refractivity contribution in [3.8, 4) is 0 Å². The summed E-state index contributed by atoms with van der Waals surface area (Å²) >= 11 is 0. The molecule has 0 amide bonds. The van der Waals surface area contributed by atoms with Crippen molar-refractivity contribution in [3.05, 3.63) is 41.0 Å². The molecule has 3 rings (SSSR count). The highest BCUT2D eigenvalue weighted by Gasteiger charge is 2.29. The lowest BCUT2D eigenvalue weighted by Gasteiger charge is -2.12. The maximum Gasteiger partial charge on any atom is 0.337 e. The van der Waals surface area contributed by atoms with Gasteiger partial charge in [-0.05, 0) is 47.6 Å². The second kappa shape index (κ2) is 4.65. The van der Waals surface area contributed by atoms with Crippen LogP contribution in [0.2, 0.25) is 0 Å². The van der Waals surface area contributed by atoms with Crippen molar-refractivity contribution in [2.45, 2.75) is 25.7 Å². The number of ether oxygens (including phenoxy) is 1. The number of ketones is 1. The Morgan fingerprint density at radius 1 is 1.37 bits per heavy atom. The van der Waals surface area contributed by atoms with Crippen LogP contribution in [0.4, 0.5) is 0 Å². The highest BCUT2D eigenvalue weighted by Crippen LogP contribution is 2.40. The molecular formula is C16H16O3. The first-order valence-electron chi connectivity index (χ1n) is 6.62. The van der Waals surface area contributed by atoms with Crippen LogP contribution in [0, 0.1) is 5.92 Å². The Kier molecular flexibility index (Phi) is 2.97. The minimum Gasteiger partial charge on any atom is -0.465 e. The molecule has 1 fully saturated rings. The standard InChI is InChI=1S/C16H16O3/c1-19-16(18)12-4-7-14-10(8-12)3-6-15(14)11-2-5-13(17)9-11/h4,6-8,11H,2-3,5,9H2,1H3. The molecule has 98 valence electrons. The van der Waals surface area contributed by atoms with E-state index in [9.17, 15) is 9.59 Å². The summed E-state index contributed by atoms with van der Waals surface area (Å²) in [7, 11) is 1.39. The van der Waals surface area contributed by atoms with Gasteiger partial charge in [0.25, 0.3) is 0 Å². The smallest absolute Gasteiger partial charge is 0.337 e. The number of allylic oxidation sites excluding steroid dienone is 2. The van der Waals surface area contributed by atoms with Gasteiger partial charge in [0.2, 0.25) is 0 Å². The van der Waals surface area contributed by atoms with Crippen LogP contribution in [-0.2, 0) is 16.0 Å². The predicted molar refractivity (Wildman–Crippen MR) is 71.8 cm³/mol. The van der Waals surface area contributed by atoms with Gasteiger partial charge in [0.05, 0.1) is 12.7 Å². The Morgan fingerprint density at radius 3 is 2.89 bits per heavy atom. The van der Waals surface area contributed by atoms with Gasteiger partial charge in [-0.2, -0.15) is 0 Å². The van der Waals surface area contributed by atoms with Crippen molar-refractivity contribution in [3.63, 3.8) is 0 Å². The Morgan fingerprint density at radius 2 is 2.21 bits per heavy atom. The van der Waals surface area contributed by atoms with Crippen molar-refractivity contribution in [2.75, 3.05) is 7.11 Å². The Bertz CT molecular complexity index is 584. The van der Waals surface area contributed by atoms with Crippen LogP contribution in [0.5, 0.6) is 0 Å². The molecule has 0 radical (unpaired) electrons. The molecule has 2 aliphatic carbocycles. The van der Waals surface area contributed by atoms with Gasteiger partial charge in [0, 0.05) is 12.8 Å². The summed E-state index contributed by atoms with van der Waals surface area (Å²) in [6, 6.07) is 5.70. The Labute approximate surface area is 112 Å². The SMILES string of the molecule is COC(=O)c1ccc2c(c1)CC=C2C1CCC(=O)C1. The monoisotopic (exact) mass is 256 g/mol. The average Bonchev–Trinajstić information content (AvgIpc) is 3.02. The number of methoxy groups -OCH3 is 1. The number of hydrogen-bond donors (Lipinski definition) is 0. The van der Waals surface area contributed by atoms with E-state index in [2.05, 4.69) is 6.08 Å². The molecule has 1 aromatic carbocycles. The molecule has 0 bridgehead atoms. The highest BCUT2D eigenvalue weighted by atomic mass is 16.5. The maximum absolute atomic E-state index is 11.5. The van der Waals surface area contributed by atoms with Gasteiger partial charge in [0.1, 0.15) is 5.78 Å². The van der Waals surface area contributed by atoms with E-state index in [0.29, 0.717) is 30.1 Å². The number of carbonyl (C=O) groups excluding carboxylic acids is 2. The van der Waals surface area contributed by atoms with Crippen LogP contribution in [0.25, 0.3) is 5.57 Å². The first-order chi connectivity index (χ1) is 9.19. The zero-order chi connectivity index (χ0) is 13.4. The van der Waals surface area contributed by atoms with Crippen molar-refractivity contribution in [2.24, 2.45) is 5.92 Å². The van der Waals surface area contributed by atoms with Gasteiger partial charge in [-0.1, -0.05) is 12.1 Å². The van der Waals surface area contributed by atoms with E-state index >= 15 is 0 Å². The van der Waals surface area contributed by atoms with E-state index in [0.717, 1.165) is 18.4 Å². The summed E-state index contributed by atoms with van der Waals surface area (Å²) in [6.45, 7) is 0. The highest BCUT2D eigenvalue weighted by molar-refractivity contribution is 5.91. The molecule has 3 nitrogen and oxygen atoms in total. The van der Waals surface area contributed by atoms with E-state index in [1.54, 1.807) is 6.07 Å². The topological polar surface area (TPSA) is 43.4 Å². The molecule has 0 aliphatic heterocycles. The molecule has 1 aromatic rings. The van der Waals surface area contributed by atoms with Gasteiger partial charge < -0.3 is 4.74 Å². The molecule has 1 atom stereocenters. The minimum atomic E-state index is -0.299. The van der Waals surface area contributed by atoms with E-state index in [4.69, 9.17) is 4.74 Å². The number of esters is 1. The van der Waals surface area contributed by atoms with E-state index in [1.165, 1.54) is 18.2 Å². The zero-order valence-corrected chi connectivity index (χ0v) is 10.9. The summed E-state index contributed by atoms with van der Waals surface area (Å²) in [5.74, 6) is 0.440. The van der Waals surface area contributed by atoms with Crippen LogP contribution in [0.15, 0.2) is 24.3 Å². The summed E-state index contributed by atoms with van der Waals surface area (Å²) in [5, 5.41) is 0. The molecule has 0 saturated heterocycles. The number of fused-ring (bicyclic) bond motifs is 1. The fraction of sp³-hybridized carbons (Fsp3) is 0.375. The molecule has 2 aliphatic rings. The number of hydrogen-bond acceptors (Lipinski definition) is 3. The lowest BCUT2D eigenvalue weighted by atomic mass is 9.92. The molecular weight excluding hydrogens is 240 g/mol. The van der Waals surface area contributed by atoms with Crippen LogP contribution in [-0.4, -0.2) is 18.9 Å². The maximum atomic E-state index is 11.5. The molecule has 1 unspecified atom stereocenters. The van der Waals surface area contributed by atoms with Gasteiger partial charge in [0.15, 0.2) is 0 Å². The van der Waals surface area contributed by atoms with E-state index < -0.39 is 0 Å². The van der Waals surface area contributed by atoms with Gasteiger partial charge in [-0.15, -0.1) is 0 Å². The van der Waals surface area contributed by atoms with Crippen LogP contribution in [0.3, 0.4) is 0 Å². The Balaban J connectivity index is 1.88. The largest absolute Gasteiger partial charge is 0.465 e. The first-order valence-corrected chi connectivity index (χ1v) is 6.62. The lowest BCUT2D eigenvalue weighted by molar-refractivity contribution is -0.117. The summed E-state index contributed by atoms with van der Waals surface area (Å²) < 4.78 is 4.74. The molecule has 0 heterocycles. The second-order valence-corrected chi connectivity index (χ2v) is 5.21. The second-order valence-electron chi connectivity index (χ2n) is 5.21. The quantitative estimate of drug-likeness (QED) is 0.764. The zero-order valence-electron chi connectivity index (χ0n) is 10.9. The third-order valence-electron chi connectivity index (χ3n) is 4.06. The minimum absolute atomic E-state index is 0.299. The lowest BCUT2D eigenvalue weighted by Crippen LogP contribution is -2.03. The van der Waals surface area contributed by atoms with Crippen LogP contribution >= 0.6 is 0 Å². The third kappa shape index (κ3) is 2.09. The fourth-order valence-corrected chi connectivity index (χ4v) is 3.09. The molecule has 0 N–H and O–H groups in total. The molecule has 19 heavy (non-hydrogen) atoms. The van der Waals surface area contributed by atoms with Crippen molar-refractivity contribution in [1.82, 2.24) is 0 Å². The fourth-order valence-electron chi connectivity index (χ4n) is 3.09. The summed E-state index contributed by atoms with van der Waals surface area (Å²) in [6.07, 6.45) is 5.39. The van der Waals surface area contributed by atoms with Gasteiger partial charge in [-0.25, -0.2) is 4.79 Å². The number of carbonyl (C=O) groups is 2. The first kappa shape index (κ1) is 12.2. The van der Waals surface area contributed by atoms with Crippen LogP contribution in [0.1, 0.15) is 40.7 Å². The normalized spacial score (nSPS) is 21.2. The third-order valence-corrected chi connectivity index (χ3v) is 4.06. The average molecular weight is 256 g/mol. The van der Waals surface area contributed by atoms with Gasteiger partial charge in [-0.3, -0.25) is 4.79 Å². The number of Topliss-reactive ketones (excluding diaryl/α,β-unsaturated/α-hetero) is 1. The van der Waals surface area contributed by atoms with Crippen molar-refractivity contribution in [1.29, 1.82) is 0 Å². The van der Waals surface area contributed by atoms with Crippen LogP contribution < -0.4 is 0 Å². The van der Waals surface area contributed by atoms with Crippen molar-refractivity contribution >= 4 is 17.3 Å². The molecule has 0 spiro atoms. The number of benzene rings is 1. The van der Waals surface area contributed by atoms with E-state index in [-0.39, 0.29) is 5.97 Å². The summed E-state index contributed by atoms with van der Waals surface area (Å²) in [4.78, 5) is 22.9. The number of rotatable bonds is 2. The molecule has 0 aromatic heterocycles. The summed E-state index contributed by atoms with van der Waals surface area (Å²) in [5.41, 5.74) is 4.25. The Hall–Kier alpha value is -1.90. The van der Waals surface area contributed by atoms with Crippen molar-refractivity contribution < 1.29 is 14.3 Å². The van der Waals surface area contributed by atoms with E-state index in [1.807, 2.05) is 12.1 Å². The van der Waals surface area contributed by atoms with Gasteiger partial charge >= 0.3 is 5.97 Å². The molecule has 1 saturated carbocycles. The molecule has 3 heteroatoms. The predicted octanol–water partition coefficient (Wildman–Crippen LogP) is 2.78.